The normalized spacial score (nSPS) is 18.2. The number of amides is 1. The second-order valence-corrected chi connectivity index (χ2v) is 3.33. The van der Waals surface area contributed by atoms with Gasteiger partial charge in [-0.2, -0.15) is 0 Å². The Morgan fingerprint density at radius 3 is 2.54 bits per heavy atom. The Morgan fingerprint density at radius 2 is 2.00 bits per heavy atom. The van der Waals surface area contributed by atoms with E-state index in [1.165, 1.54) is 6.92 Å². The zero-order chi connectivity index (χ0) is 9.68. The highest BCUT2D eigenvalue weighted by atomic mass is 16.5. The van der Waals surface area contributed by atoms with Crippen LogP contribution < -0.4 is 5.32 Å². The molecule has 74 valence electrons. The fraction of sp³-hybridized carbons (Fsp3) is 0.778. The molecule has 13 heavy (non-hydrogen) atoms. The Morgan fingerprint density at radius 1 is 1.38 bits per heavy atom. The molecule has 0 aromatic carbocycles. The van der Waals surface area contributed by atoms with Crippen LogP contribution in [0.4, 0.5) is 0 Å². The van der Waals surface area contributed by atoms with Gasteiger partial charge in [-0.1, -0.05) is 0 Å². The molecule has 0 atom stereocenters. The summed E-state index contributed by atoms with van der Waals surface area (Å²) in [5.74, 6) is -0.260. The van der Waals surface area contributed by atoms with Crippen molar-refractivity contribution >= 4 is 11.7 Å². The largest absolute Gasteiger partial charge is 0.381 e. The second kappa shape index (κ2) is 4.97. The first kappa shape index (κ1) is 10.2. The van der Waals surface area contributed by atoms with E-state index in [1.54, 1.807) is 0 Å². The summed E-state index contributed by atoms with van der Waals surface area (Å²) in [6.45, 7) is 2.82. The van der Waals surface area contributed by atoms with Crippen molar-refractivity contribution in [3.8, 4) is 0 Å². The average molecular weight is 185 g/mol. The van der Waals surface area contributed by atoms with Gasteiger partial charge in [-0.3, -0.25) is 9.59 Å². The Hall–Kier alpha value is -0.900. The van der Waals surface area contributed by atoms with Gasteiger partial charge in [-0.25, -0.2) is 0 Å². The molecule has 0 bridgehead atoms. The van der Waals surface area contributed by atoms with Crippen molar-refractivity contribution in [2.45, 2.75) is 32.2 Å². The summed E-state index contributed by atoms with van der Waals surface area (Å²) < 4.78 is 5.14. The fourth-order valence-electron chi connectivity index (χ4n) is 1.35. The molecule has 1 amide bonds. The van der Waals surface area contributed by atoms with E-state index in [2.05, 4.69) is 5.32 Å². The zero-order valence-electron chi connectivity index (χ0n) is 7.84. The van der Waals surface area contributed by atoms with Crippen molar-refractivity contribution in [2.24, 2.45) is 0 Å². The highest BCUT2D eigenvalue weighted by Crippen LogP contribution is 2.06. The lowest BCUT2D eigenvalue weighted by Crippen LogP contribution is -2.39. The standard InChI is InChI=1S/C9H15NO3/c1-7(11)6-9(12)10-8-2-4-13-5-3-8/h8H,2-6H2,1H3,(H,10,12). The predicted molar refractivity (Wildman–Crippen MR) is 47.3 cm³/mol. The van der Waals surface area contributed by atoms with Gasteiger partial charge < -0.3 is 10.1 Å². The minimum atomic E-state index is -0.167. The quantitative estimate of drug-likeness (QED) is 0.642. The van der Waals surface area contributed by atoms with Gasteiger partial charge in [-0.05, 0) is 19.8 Å². The van der Waals surface area contributed by atoms with E-state index in [0.29, 0.717) is 13.2 Å². The van der Waals surface area contributed by atoms with E-state index in [0.717, 1.165) is 12.8 Å². The number of carbonyl (C=O) groups excluding carboxylic acids is 2. The smallest absolute Gasteiger partial charge is 0.227 e. The molecule has 4 nitrogen and oxygen atoms in total. The highest BCUT2D eigenvalue weighted by Gasteiger charge is 2.16. The van der Waals surface area contributed by atoms with Crippen molar-refractivity contribution < 1.29 is 14.3 Å². The third kappa shape index (κ3) is 4.03. The predicted octanol–water partition coefficient (Wildman–Crippen LogP) is 0.261. The van der Waals surface area contributed by atoms with E-state index in [9.17, 15) is 9.59 Å². The van der Waals surface area contributed by atoms with Gasteiger partial charge in [0.1, 0.15) is 5.78 Å². The van der Waals surface area contributed by atoms with Crippen LogP contribution in [0.2, 0.25) is 0 Å². The van der Waals surface area contributed by atoms with Crippen LogP contribution in [0, 0.1) is 0 Å². The van der Waals surface area contributed by atoms with Crippen molar-refractivity contribution in [1.29, 1.82) is 0 Å². The summed E-state index contributed by atoms with van der Waals surface area (Å²) >= 11 is 0. The zero-order valence-corrected chi connectivity index (χ0v) is 7.84. The van der Waals surface area contributed by atoms with Crippen LogP contribution in [-0.2, 0) is 14.3 Å². The van der Waals surface area contributed by atoms with Crippen molar-refractivity contribution in [3.05, 3.63) is 0 Å². The lowest BCUT2D eigenvalue weighted by molar-refractivity contribution is -0.128. The Kier molecular flexibility index (Phi) is 3.89. The summed E-state index contributed by atoms with van der Waals surface area (Å²) in [5.41, 5.74) is 0. The summed E-state index contributed by atoms with van der Waals surface area (Å²) in [6, 6.07) is 0.195. The topological polar surface area (TPSA) is 55.4 Å². The average Bonchev–Trinajstić information content (AvgIpc) is 2.04. The fourth-order valence-corrected chi connectivity index (χ4v) is 1.35. The lowest BCUT2D eigenvalue weighted by Gasteiger charge is -2.22. The SMILES string of the molecule is CC(=O)CC(=O)NC1CCOCC1. The van der Waals surface area contributed by atoms with E-state index in [4.69, 9.17) is 4.74 Å². The first-order valence-corrected chi connectivity index (χ1v) is 4.55. The van der Waals surface area contributed by atoms with Crippen LogP contribution >= 0.6 is 0 Å². The molecule has 1 aliphatic rings. The highest BCUT2D eigenvalue weighted by molar-refractivity contribution is 5.96. The summed E-state index contributed by atoms with van der Waals surface area (Å²) in [4.78, 5) is 21.8. The number of hydrogen-bond donors (Lipinski definition) is 1. The Bertz CT molecular complexity index is 197. The number of carbonyl (C=O) groups is 2. The van der Waals surface area contributed by atoms with Gasteiger partial charge in [0.15, 0.2) is 0 Å². The van der Waals surface area contributed by atoms with Gasteiger partial charge in [0.05, 0.1) is 6.42 Å². The third-order valence-electron chi connectivity index (χ3n) is 2.00. The lowest BCUT2D eigenvalue weighted by atomic mass is 10.1. The molecule has 1 fully saturated rings. The minimum absolute atomic E-state index is 0.00262. The maximum Gasteiger partial charge on any atom is 0.227 e. The van der Waals surface area contributed by atoms with Crippen molar-refractivity contribution in [3.63, 3.8) is 0 Å². The molecule has 0 spiro atoms. The molecule has 0 unspecified atom stereocenters. The maximum atomic E-state index is 11.1. The number of nitrogens with one attached hydrogen (secondary N) is 1. The van der Waals surface area contributed by atoms with Crippen molar-refractivity contribution in [1.82, 2.24) is 5.32 Å². The first-order valence-electron chi connectivity index (χ1n) is 4.55. The number of ketones is 1. The Labute approximate surface area is 77.6 Å². The summed E-state index contributed by atoms with van der Waals surface area (Å²) in [6.07, 6.45) is 1.70. The van der Waals surface area contributed by atoms with Crippen LogP contribution in [0.25, 0.3) is 0 Å². The molecule has 1 heterocycles. The molecule has 4 heteroatoms. The third-order valence-corrected chi connectivity index (χ3v) is 2.00. The first-order chi connectivity index (χ1) is 6.18. The molecular weight excluding hydrogens is 170 g/mol. The van der Waals surface area contributed by atoms with E-state index < -0.39 is 0 Å². The van der Waals surface area contributed by atoms with Gasteiger partial charge in [0, 0.05) is 19.3 Å². The molecule has 0 aromatic heterocycles. The molecule has 1 rings (SSSR count). The van der Waals surface area contributed by atoms with Gasteiger partial charge in [0.2, 0.25) is 5.91 Å². The molecule has 0 saturated carbocycles. The minimum Gasteiger partial charge on any atom is -0.381 e. The van der Waals surface area contributed by atoms with Crippen LogP contribution in [-0.4, -0.2) is 30.9 Å². The number of ether oxygens (including phenoxy) is 1. The van der Waals surface area contributed by atoms with E-state index in [1.807, 2.05) is 0 Å². The van der Waals surface area contributed by atoms with Crippen LogP contribution in [0.3, 0.4) is 0 Å². The molecule has 0 aromatic rings. The van der Waals surface area contributed by atoms with E-state index in [-0.39, 0.29) is 24.2 Å². The van der Waals surface area contributed by atoms with Crippen LogP contribution in [0.1, 0.15) is 26.2 Å². The van der Waals surface area contributed by atoms with Crippen LogP contribution in [0.5, 0.6) is 0 Å². The molecule has 0 aliphatic carbocycles. The molecular formula is C9H15NO3. The van der Waals surface area contributed by atoms with E-state index >= 15 is 0 Å². The second-order valence-electron chi connectivity index (χ2n) is 3.33. The Balaban J connectivity index is 2.22. The van der Waals surface area contributed by atoms with Crippen molar-refractivity contribution in [2.75, 3.05) is 13.2 Å². The summed E-state index contributed by atoms with van der Waals surface area (Å²) in [5, 5.41) is 2.81. The number of hydrogen-bond acceptors (Lipinski definition) is 3. The van der Waals surface area contributed by atoms with Gasteiger partial charge >= 0.3 is 0 Å². The van der Waals surface area contributed by atoms with Gasteiger partial charge in [0.25, 0.3) is 0 Å². The molecule has 1 N–H and O–H groups in total. The molecule has 1 saturated heterocycles. The summed E-state index contributed by atoms with van der Waals surface area (Å²) in [7, 11) is 0. The monoisotopic (exact) mass is 185 g/mol. The van der Waals surface area contributed by atoms with Gasteiger partial charge in [-0.15, -0.1) is 0 Å². The maximum absolute atomic E-state index is 11.1. The molecule has 0 radical (unpaired) electrons. The molecule has 1 aliphatic heterocycles. The number of Topliss-reactive ketones (excluding diaryl/α,β-unsaturated/α-hetero) is 1. The van der Waals surface area contributed by atoms with Crippen LogP contribution in [0.15, 0.2) is 0 Å². The number of rotatable bonds is 3.